The van der Waals surface area contributed by atoms with E-state index in [1.165, 1.54) is 6.42 Å². The lowest BCUT2D eigenvalue weighted by molar-refractivity contribution is -0.0185. The average Bonchev–Trinajstić information content (AvgIpc) is 2.36. The van der Waals surface area contributed by atoms with Crippen molar-refractivity contribution in [3.63, 3.8) is 0 Å². The summed E-state index contributed by atoms with van der Waals surface area (Å²) in [4.78, 5) is 8.61. The van der Waals surface area contributed by atoms with Crippen molar-refractivity contribution < 1.29 is 4.74 Å². The molecule has 1 fully saturated rings. The number of aromatic nitrogens is 2. The van der Waals surface area contributed by atoms with Gasteiger partial charge in [-0.15, -0.1) is 0 Å². The van der Waals surface area contributed by atoms with E-state index in [1.807, 2.05) is 24.4 Å². The molecular weight excluding hydrogens is 212 g/mol. The molecule has 1 saturated carbocycles. The molecule has 1 aromatic carbocycles. The highest BCUT2D eigenvalue weighted by Gasteiger charge is 2.47. The van der Waals surface area contributed by atoms with Gasteiger partial charge in [-0.25, -0.2) is 9.97 Å². The fraction of sp³-hybridized carbons (Fsp3) is 0.286. The second kappa shape index (κ2) is 3.06. The molecule has 2 heterocycles. The van der Waals surface area contributed by atoms with Crippen LogP contribution in [0.2, 0.25) is 0 Å². The zero-order valence-corrected chi connectivity index (χ0v) is 9.39. The molecule has 2 aromatic rings. The maximum absolute atomic E-state index is 6.19. The Morgan fingerprint density at radius 3 is 2.82 bits per heavy atom. The Balaban J connectivity index is 2.01. The first-order chi connectivity index (χ1) is 8.39. The van der Waals surface area contributed by atoms with Crippen molar-refractivity contribution in [2.24, 2.45) is 0 Å². The molecule has 1 aliphatic carbocycles. The highest BCUT2D eigenvalue weighted by molar-refractivity contribution is 5.74. The summed E-state index contributed by atoms with van der Waals surface area (Å²) in [6.45, 7) is 0. The Kier molecular flexibility index (Phi) is 1.65. The van der Waals surface area contributed by atoms with Gasteiger partial charge in [-0.3, -0.25) is 0 Å². The summed E-state index contributed by atoms with van der Waals surface area (Å²) < 4.78 is 6.19. The van der Waals surface area contributed by atoms with Crippen LogP contribution in [0.1, 0.15) is 25.0 Å². The molecule has 3 heteroatoms. The molecule has 17 heavy (non-hydrogen) atoms. The summed E-state index contributed by atoms with van der Waals surface area (Å²) in [7, 11) is 0. The van der Waals surface area contributed by atoms with Gasteiger partial charge in [0.2, 0.25) is 0 Å². The first kappa shape index (κ1) is 9.16. The van der Waals surface area contributed by atoms with Crippen molar-refractivity contribution in [2.45, 2.75) is 24.9 Å². The van der Waals surface area contributed by atoms with Crippen LogP contribution >= 0.6 is 0 Å². The standard InChI is InChI=1S/C14H12N2O/c1-2-5-12-10(4-1)11-8-15-9-16-13(11)14(17-12)6-3-7-14/h1-2,4-5,8-9H,3,6-7H2. The van der Waals surface area contributed by atoms with E-state index in [2.05, 4.69) is 16.0 Å². The number of fused-ring (bicyclic) bond motifs is 4. The van der Waals surface area contributed by atoms with Gasteiger partial charge in [-0.1, -0.05) is 18.2 Å². The summed E-state index contributed by atoms with van der Waals surface area (Å²) in [5, 5.41) is 0. The number of para-hydroxylation sites is 1. The molecule has 2 aliphatic rings. The van der Waals surface area contributed by atoms with Gasteiger partial charge in [0, 0.05) is 17.3 Å². The SMILES string of the molecule is c1ccc2c(c1)OC1(CCC1)c1ncncc1-2. The molecule has 1 aromatic heterocycles. The lowest BCUT2D eigenvalue weighted by Crippen LogP contribution is -2.43. The summed E-state index contributed by atoms with van der Waals surface area (Å²) in [6.07, 6.45) is 6.86. The second-order valence-corrected chi connectivity index (χ2v) is 4.73. The Hall–Kier alpha value is -1.90. The number of ether oxygens (including phenoxy) is 1. The van der Waals surface area contributed by atoms with E-state index in [0.29, 0.717) is 0 Å². The maximum atomic E-state index is 6.19. The van der Waals surface area contributed by atoms with Crippen molar-refractivity contribution in [3.05, 3.63) is 42.5 Å². The van der Waals surface area contributed by atoms with Crippen LogP contribution in [0.25, 0.3) is 11.1 Å². The van der Waals surface area contributed by atoms with E-state index in [0.717, 1.165) is 35.4 Å². The topological polar surface area (TPSA) is 35.0 Å². The molecule has 0 radical (unpaired) electrons. The van der Waals surface area contributed by atoms with Crippen LogP contribution in [-0.4, -0.2) is 9.97 Å². The molecule has 0 atom stereocenters. The number of benzene rings is 1. The predicted molar refractivity (Wildman–Crippen MR) is 63.6 cm³/mol. The van der Waals surface area contributed by atoms with Crippen molar-refractivity contribution in [2.75, 3.05) is 0 Å². The van der Waals surface area contributed by atoms with Crippen molar-refractivity contribution in [1.29, 1.82) is 0 Å². The Labute approximate surface area is 99.5 Å². The van der Waals surface area contributed by atoms with Gasteiger partial charge in [-0.05, 0) is 25.3 Å². The largest absolute Gasteiger partial charge is 0.480 e. The van der Waals surface area contributed by atoms with Gasteiger partial charge in [0.05, 0.1) is 5.69 Å². The lowest BCUT2D eigenvalue weighted by Gasteiger charge is -2.45. The van der Waals surface area contributed by atoms with Crippen LogP contribution in [0, 0.1) is 0 Å². The van der Waals surface area contributed by atoms with Crippen LogP contribution in [0.5, 0.6) is 5.75 Å². The zero-order chi connectivity index (χ0) is 11.3. The molecule has 0 saturated heterocycles. The minimum atomic E-state index is -0.174. The van der Waals surface area contributed by atoms with E-state index >= 15 is 0 Å². The molecule has 0 unspecified atom stereocenters. The van der Waals surface area contributed by atoms with Gasteiger partial charge in [0.25, 0.3) is 0 Å². The molecule has 0 N–H and O–H groups in total. The van der Waals surface area contributed by atoms with Gasteiger partial charge >= 0.3 is 0 Å². The Bertz CT molecular complexity index is 590. The van der Waals surface area contributed by atoms with E-state index < -0.39 is 0 Å². The van der Waals surface area contributed by atoms with Gasteiger partial charge in [0.1, 0.15) is 12.1 Å². The summed E-state index contributed by atoms with van der Waals surface area (Å²) in [5.41, 5.74) is 3.14. The third kappa shape index (κ3) is 1.11. The molecule has 3 nitrogen and oxygen atoms in total. The second-order valence-electron chi connectivity index (χ2n) is 4.73. The van der Waals surface area contributed by atoms with E-state index in [9.17, 15) is 0 Å². The monoisotopic (exact) mass is 224 g/mol. The molecule has 0 bridgehead atoms. The van der Waals surface area contributed by atoms with Crippen LogP contribution in [0.4, 0.5) is 0 Å². The first-order valence-corrected chi connectivity index (χ1v) is 5.98. The fourth-order valence-corrected chi connectivity index (χ4v) is 2.76. The average molecular weight is 224 g/mol. The van der Waals surface area contributed by atoms with Gasteiger partial charge < -0.3 is 4.74 Å². The number of rotatable bonds is 0. The maximum Gasteiger partial charge on any atom is 0.151 e. The molecule has 0 amide bonds. The van der Waals surface area contributed by atoms with E-state index in [1.54, 1.807) is 6.33 Å². The van der Waals surface area contributed by atoms with Crippen molar-refractivity contribution in [1.82, 2.24) is 9.97 Å². The smallest absolute Gasteiger partial charge is 0.151 e. The molecule has 1 aliphatic heterocycles. The molecular formula is C14H12N2O. The van der Waals surface area contributed by atoms with Crippen molar-refractivity contribution >= 4 is 0 Å². The quantitative estimate of drug-likeness (QED) is 0.690. The molecule has 84 valence electrons. The van der Waals surface area contributed by atoms with E-state index in [4.69, 9.17) is 4.74 Å². The van der Waals surface area contributed by atoms with Crippen LogP contribution < -0.4 is 4.74 Å². The van der Waals surface area contributed by atoms with Crippen LogP contribution in [0.15, 0.2) is 36.8 Å². The third-order valence-electron chi connectivity index (χ3n) is 3.79. The summed E-state index contributed by atoms with van der Waals surface area (Å²) >= 11 is 0. The summed E-state index contributed by atoms with van der Waals surface area (Å²) in [5.74, 6) is 0.967. The van der Waals surface area contributed by atoms with Crippen LogP contribution in [0.3, 0.4) is 0 Å². The highest BCUT2D eigenvalue weighted by atomic mass is 16.5. The highest BCUT2D eigenvalue weighted by Crippen LogP contribution is 2.52. The third-order valence-corrected chi connectivity index (χ3v) is 3.79. The molecule has 4 rings (SSSR count). The minimum absolute atomic E-state index is 0.174. The minimum Gasteiger partial charge on any atom is -0.480 e. The Morgan fingerprint density at radius 2 is 2.00 bits per heavy atom. The Morgan fingerprint density at radius 1 is 1.12 bits per heavy atom. The lowest BCUT2D eigenvalue weighted by atomic mass is 9.74. The normalized spacial score (nSPS) is 18.8. The first-order valence-electron chi connectivity index (χ1n) is 5.98. The van der Waals surface area contributed by atoms with Crippen molar-refractivity contribution in [3.8, 4) is 16.9 Å². The van der Waals surface area contributed by atoms with Gasteiger partial charge in [-0.2, -0.15) is 0 Å². The molecule has 1 spiro atoms. The fourth-order valence-electron chi connectivity index (χ4n) is 2.76. The predicted octanol–water partition coefficient (Wildman–Crippen LogP) is 2.92. The number of hydrogen-bond acceptors (Lipinski definition) is 3. The van der Waals surface area contributed by atoms with E-state index in [-0.39, 0.29) is 5.60 Å². The number of nitrogens with zero attached hydrogens (tertiary/aromatic N) is 2. The van der Waals surface area contributed by atoms with Gasteiger partial charge in [0.15, 0.2) is 5.60 Å². The van der Waals surface area contributed by atoms with Crippen LogP contribution in [-0.2, 0) is 5.60 Å². The number of hydrogen-bond donors (Lipinski definition) is 0. The zero-order valence-electron chi connectivity index (χ0n) is 9.39. The summed E-state index contributed by atoms with van der Waals surface area (Å²) in [6, 6.07) is 8.14.